The van der Waals surface area contributed by atoms with Gasteiger partial charge in [-0.25, -0.2) is 9.59 Å². The molecule has 2 aromatic rings. The van der Waals surface area contributed by atoms with Crippen LogP contribution in [0.5, 0.6) is 0 Å². The molecule has 0 aliphatic carbocycles. The number of aryl methyl sites for hydroxylation is 2. The van der Waals surface area contributed by atoms with Crippen LogP contribution in [0.4, 0.5) is 11.4 Å². The third kappa shape index (κ3) is 15.6. The molecule has 0 spiro atoms. The van der Waals surface area contributed by atoms with Gasteiger partial charge in [0, 0.05) is 49.6 Å². The van der Waals surface area contributed by atoms with Crippen LogP contribution in [0.15, 0.2) is 60.7 Å². The monoisotopic (exact) mass is 690 g/mol. The van der Waals surface area contributed by atoms with Crippen molar-refractivity contribution in [2.45, 2.75) is 68.1 Å². The van der Waals surface area contributed by atoms with Crippen molar-refractivity contribution in [2.24, 2.45) is 0 Å². The van der Waals surface area contributed by atoms with Gasteiger partial charge in [0.25, 0.3) is 11.4 Å². The standard InChI is InChI=1S/C15H17NO6.C13H15NO5.C4H6O3.CH4/c1-5-21-15(18)10(3)14(22-11(4)17)12-7-6-9(2)13(8-12)16(19)20;1-4-19-13(16)9(3)12(15)10-6-5-8(2)11(7-10)14(17)18;1-3(5)7-4(2)6;/h6-8,14H,3,5H2,1-2,4H3;5-7,12,15H,3-4H2,1-2H3;1-2H3;1H4. The highest BCUT2D eigenvalue weighted by atomic mass is 16.6. The van der Waals surface area contributed by atoms with Gasteiger partial charge in [0.2, 0.25) is 0 Å². The van der Waals surface area contributed by atoms with Gasteiger partial charge >= 0.3 is 29.8 Å². The van der Waals surface area contributed by atoms with Gasteiger partial charge in [0.05, 0.1) is 34.2 Å². The number of carbonyl (C=O) groups excluding carboxylic acids is 5. The minimum atomic E-state index is -1.32. The van der Waals surface area contributed by atoms with Crippen LogP contribution in [0.3, 0.4) is 0 Å². The number of rotatable bonds is 11. The number of hydrogen-bond donors (Lipinski definition) is 1. The summed E-state index contributed by atoms with van der Waals surface area (Å²) >= 11 is 0. The van der Waals surface area contributed by atoms with Gasteiger partial charge in [-0.05, 0) is 33.3 Å². The first kappa shape index (κ1) is 45.4. The van der Waals surface area contributed by atoms with Crippen molar-refractivity contribution >= 4 is 41.2 Å². The molecular weight excluding hydrogens is 648 g/mol. The van der Waals surface area contributed by atoms with Crippen LogP contribution in [0, 0.1) is 34.1 Å². The van der Waals surface area contributed by atoms with E-state index in [1.54, 1.807) is 33.8 Å². The topological polar surface area (TPSA) is 229 Å². The summed E-state index contributed by atoms with van der Waals surface area (Å²) in [6.45, 7) is 17.3. The summed E-state index contributed by atoms with van der Waals surface area (Å²) in [6, 6.07) is 8.56. The fourth-order valence-electron chi connectivity index (χ4n) is 3.56. The number of aliphatic hydroxyl groups excluding tert-OH is 1. The van der Waals surface area contributed by atoms with Crippen LogP contribution in [0.2, 0.25) is 0 Å². The van der Waals surface area contributed by atoms with Crippen molar-refractivity contribution in [3.05, 3.63) is 103 Å². The average Bonchev–Trinajstić information content (AvgIpc) is 2.99. The van der Waals surface area contributed by atoms with Gasteiger partial charge in [0.15, 0.2) is 6.10 Å². The number of nitro groups is 2. The number of ether oxygens (including phenoxy) is 4. The molecule has 0 saturated carbocycles. The molecule has 268 valence electrons. The van der Waals surface area contributed by atoms with E-state index >= 15 is 0 Å². The number of carbonyl (C=O) groups is 5. The van der Waals surface area contributed by atoms with Crippen LogP contribution in [0.25, 0.3) is 0 Å². The van der Waals surface area contributed by atoms with E-state index in [1.807, 2.05) is 0 Å². The summed E-state index contributed by atoms with van der Waals surface area (Å²) in [6.07, 6.45) is -2.45. The molecule has 0 amide bonds. The van der Waals surface area contributed by atoms with Crippen LogP contribution in [0.1, 0.15) is 76.5 Å². The van der Waals surface area contributed by atoms with E-state index < -0.39 is 51.9 Å². The van der Waals surface area contributed by atoms with Crippen molar-refractivity contribution in [3.63, 3.8) is 0 Å². The number of esters is 5. The molecule has 0 fully saturated rings. The second kappa shape index (κ2) is 21.9. The summed E-state index contributed by atoms with van der Waals surface area (Å²) in [4.78, 5) is 74.8. The average molecular weight is 691 g/mol. The van der Waals surface area contributed by atoms with Gasteiger partial charge < -0.3 is 24.1 Å². The molecule has 49 heavy (non-hydrogen) atoms. The second-order valence-electron chi connectivity index (χ2n) is 9.57. The van der Waals surface area contributed by atoms with E-state index in [-0.39, 0.29) is 54.3 Å². The first-order valence-corrected chi connectivity index (χ1v) is 14.0. The largest absolute Gasteiger partial charge is 0.463 e. The van der Waals surface area contributed by atoms with Crippen molar-refractivity contribution in [2.75, 3.05) is 13.2 Å². The fourth-order valence-corrected chi connectivity index (χ4v) is 3.56. The predicted octanol–water partition coefficient (Wildman–Crippen LogP) is 5.41. The number of benzene rings is 2. The number of nitrogens with zero attached hydrogens (tertiary/aromatic N) is 2. The lowest BCUT2D eigenvalue weighted by Crippen LogP contribution is -2.18. The van der Waals surface area contributed by atoms with Crippen LogP contribution >= 0.6 is 0 Å². The maximum Gasteiger partial charge on any atom is 0.337 e. The highest BCUT2D eigenvalue weighted by Crippen LogP contribution is 2.30. The molecule has 16 nitrogen and oxygen atoms in total. The Morgan fingerprint density at radius 3 is 1.47 bits per heavy atom. The minimum absolute atomic E-state index is 0. The van der Waals surface area contributed by atoms with Crippen molar-refractivity contribution in [1.82, 2.24) is 0 Å². The molecule has 0 aliphatic heterocycles. The van der Waals surface area contributed by atoms with E-state index in [9.17, 15) is 49.3 Å². The van der Waals surface area contributed by atoms with Crippen molar-refractivity contribution < 1.29 is 57.9 Å². The van der Waals surface area contributed by atoms with Gasteiger partial charge in [-0.2, -0.15) is 0 Å². The van der Waals surface area contributed by atoms with Crippen LogP contribution in [-0.2, 0) is 42.9 Å². The van der Waals surface area contributed by atoms with Gasteiger partial charge in [-0.1, -0.05) is 44.8 Å². The molecule has 2 aromatic carbocycles. The second-order valence-corrected chi connectivity index (χ2v) is 9.57. The minimum Gasteiger partial charge on any atom is -0.463 e. The molecule has 16 heteroatoms. The molecule has 0 bridgehead atoms. The first-order chi connectivity index (χ1) is 22.3. The predicted molar refractivity (Wildman–Crippen MR) is 176 cm³/mol. The zero-order valence-electron chi connectivity index (χ0n) is 27.6. The zero-order chi connectivity index (χ0) is 37.3. The van der Waals surface area contributed by atoms with Gasteiger partial charge in [0.1, 0.15) is 6.10 Å². The van der Waals surface area contributed by atoms with E-state index in [0.717, 1.165) is 0 Å². The third-order valence-electron chi connectivity index (χ3n) is 5.77. The molecule has 0 saturated heterocycles. The molecule has 2 atom stereocenters. The van der Waals surface area contributed by atoms with E-state index in [4.69, 9.17) is 14.2 Å². The highest BCUT2D eigenvalue weighted by Gasteiger charge is 2.27. The summed E-state index contributed by atoms with van der Waals surface area (Å²) in [5.74, 6) is -3.21. The lowest BCUT2D eigenvalue weighted by Gasteiger charge is -2.19. The maximum absolute atomic E-state index is 11.8. The Morgan fingerprint density at radius 1 is 0.735 bits per heavy atom. The molecule has 2 rings (SSSR count). The summed E-state index contributed by atoms with van der Waals surface area (Å²) < 4.78 is 18.6. The lowest BCUT2D eigenvalue weighted by atomic mass is 10.00. The van der Waals surface area contributed by atoms with Crippen molar-refractivity contribution in [3.8, 4) is 0 Å². The summed E-state index contributed by atoms with van der Waals surface area (Å²) in [5.41, 5.74) is 0.940. The Morgan fingerprint density at radius 2 is 1.12 bits per heavy atom. The van der Waals surface area contributed by atoms with E-state index in [0.29, 0.717) is 11.1 Å². The van der Waals surface area contributed by atoms with E-state index in [1.165, 1.54) is 51.1 Å². The molecule has 1 N–H and O–H groups in total. The molecular formula is C33H42N2O14. The Balaban J connectivity index is 0. The highest BCUT2D eigenvalue weighted by molar-refractivity contribution is 5.90. The smallest absolute Gasteiger partial charge is 0.337 e. The quantitative estimate of drug-likeness (QED) is 0.0776. The van der Waals surface area contributed by atoms with Gasteiger partial charge in [-0.3, -0.25) is 34.6 Å². The SMILES string of the molecule is C.C=C(C(=O)OCC)C(O)c1ccc(C)c([N+](=O)[O-])c1.C=C(C(=O)OCC)C(OC(C)=O)c1ccc(C)c([N+](=O)[O-])c1.CC(=O)OC(C)=O. The summed E-state index contributed by atoms with van der Waals surface area (Å²) in [7, 11) is 0. The zero-order valence-corrected chi connectivity index (χ0v) is 27.6. The fraction of sp³-hybridized carbons (Fsp3) is 0.364. The lowest BCUT2D eigenvalue weighted by molar-refractivity contribution is -0.385. The number of aliphatic hydroxyl groups is 1. The molecule has 0 aromatic heterocycles. The Bertz CT molecular complexity index is 1550. The molecule has 0 aliphatic rings. The molecule has 0 radical (unpaired) electrons. The number of hydrogen-bond acceptors (Lipinski definition) is 14. The Kier molecular flexibility index (Phi) is 20.3. The molecule has 0 heterocycles. The Labute approximate surface area is 283 Å². The van der Waals surface area contributed by atoms with Crippen LogP contribution in [-0.4, -0.2) is 58.0 Å². The van der Waals surface area contributed by atoms with Crippen molar-refractivity contribution in [1.29, 1.82) is 0 Å². The van der Waals surface area contributed by atoms with E-state index in [2.05, 4.69) is 17.9 Å². The normalized spacial score (nSPS) is 10.8. The Hall–Kier alpha value is -5.77. The maximum atomic E-state index is 11.8. The first-order valence-electron chi connectivity index (χ1n) is 14.0. The van der Waals surface area contributed by atoms with Gasteiger partial charge in [-0.15, -0.1) is 0 Å². The van der Waals surface area contributed by atoms with Crippen LogP contribution < -0.4 is 0 Å². The number of nitro benzene ring substituents is 2. The summed E-state index contributed by atoms with van der Waals surface area (Å²) in [5, 5.41) is 31.8. The molecule has 2 unspecified atom stereocenters. The third-order valence-corrected chi connectivity index (χ3v) is 5.77.